The number of methoxy groups -OCH3 is 2. The van der Waals surface area contributed by atoms with Crippen molar-refractivity contribution in [2.24, 2.45) is 0 Å². The van der Waals surface area contributed by atoms with Crippen LogP contribution < -0.4 is 19.8 Å². The predicted octanol–water partition coefficient (Wildman–Crippen LogP) is 1.66. The summed E-state index contributed by atoms with van der Waals surface area (Å²) in [5.74, 6) is 1.99. The molecule has 1 aromatic carbocycles. The van der Waals surface area contributed by atoms with Gasteiger partial charge in [-0.05, 0) is 22.5 Å². The molecule has 6 heteroatoms. The Morgan fingerprint density at radius 1 is 0.682 bits per heavy atom. The third kappa shape index (κ3) is 5.75. The van der Waals surface area contributed by atoms with Gasteiger partial charge in [0.25, 0.3) is 0 Å². The molecule has 0 saturated carbocycles. The maximum atomic E-state index is 5.95. The molecule has 124 valence electrons. The van der Waals surface area contributed by atoms with Crippen LogP contribution in [0.1, 0.15) is 0 Å². The highest BCUT2D eigenvalue weighted by molar-refractivity contribution is 6.74. The minimum atomic E-state index is -0.638. The maximum Gasteiger partial charge on any atom is 0.118 e. The molecule has 0 bridgehead atoms. The predicted molar refractivity (Wildman–Crippen MR) is 95.4 cm³/mol. The second-order valence-electron chi connectivity index (χ2n) is 5.53. The van der Waals surface area contributed by atoms with E-state index in [9.17, 15) is 0 Å². The number of rotatable bonds is 10. The molecule has 0 N–H and O–H groups in total. The summed E-state index contributed by atoms with van der Waals surface area (Å²) in [5.41, 5.74) is 0. The molecular weight excluding hydrogens is 312 g/mol. The summed E-state index contributed by atoms with van der Waals surface area (Å²) in [6, 6.07) is 4.36. The van der Waals surface area contributed by atoms with Crippen LogP contribution in [0.4, 0.5) is 0 Å². The highest BCUT2D eigenvalue weighted by Crippen LogP contribution is 2.16. The maximum absolute atomic E-state index is 5.95. The van der Waals surface area contributed by atoms with Crippen LogP contribution >= 0.6 is 0 Å². The topological polar surface area (TPSA) is 36.9 Å². The summed E-state index contributed by atoms with van der Waals surface area (Å²) in [5, 5.41) is 2.56. The molecule has 1 rings (SSSR count). The first kappa shape index (κ1) is 19.2. The van der Waals surface area contributed by atoms with Crippen LogP contribution in [0.15, 0.2) is 12.1 Å². The molecule has 1 aromatic rings. The van der Waals surface area contributed by atoms with Crippen molar-refractivity contribution < 1.29 is 18.9 Å². The first-order chi connectivity index (χ1) is 10.5. The Balaban J connectivity index is 3.07. The molecule has 0 amide bonds. The summed E-state index contributed by atoms with van der Waals surface area (Å²) in [7, 11) is 2.11. The molecule has 0 heterocycles. The van der Waals surface area contributed by atoms with E-state index in [1.807, 2.05) is 0 Å². The van der Waals surface area contributed by atoms with E-state index in [1.165, 1.54) is 10.4 Å². The third-order valence-corrected chi connectivity index (χ3v) is 6.19. The largest absolute Gasteiger partial charge is 0.491 e. The molecule has 22 heavy (non-hydrogen) atoms. The molecule has 4 nitrogen and oxygen atoms in total. The molecule has 0 saturated heterocycles. The van der Waals surface area contributed by atoms with Crippen molar-refractivity contribution in [1.82, 2.24) is 0 Å². The molecule has 0 aliphatic heterocycles. The Hall–Kier alpha value is -0.826. The van der Waals surface area contributed by atoms with Crippen LogP contribution in [0.25, 0.3) is 0 Å². The van der Waals surface area contributed by atoms with Gasteiger partial charge in [-0.3, -0.25) is 0 Å². The molecule has 0 atom stereocenters. The first-order valence-corrected chi connectivity index (χ1v) is 12.5. The van der Waals surface area contributed by atoms with E-state index in [0.717, 1.165) is 11.5 Å². The van der Waals surface area contributed by atoms with Gasteiger partial charge in [-0.2, -0.15) is 0 Å². The highest BCUT2D eigenvalue weighted by Gasteiger charge is 2.17. The fourth-order valence-electron chi connectivity index (χ4n) is 2.05. The standard InChI is InChI=1S/C16H28O4Si2/c1-17-7-9-19-13-11-16(22(5)6)14(20-10-8-18-2)12-15(13)21(3)4/h11-12H,7-10H2,1-6H3. The number of benzene rings is 1. The van der Waals surface area contributed by atoms with Gasteiger partial charge in [0.1, 0.15) is 24.7 Å². The normalized spacial score (nSPS) is 11.3. The Labute approximate surface area is 137 Å². The third-order valence-electron chi connectivity index (χ3n) is 3.25. The fraction of sp³-hybridized carbons (Fsp3) is 0.625. The van der Waals surface area contributed by atoms with Crippen molar-refractivity contribution in [2.75, 3.05) is 40.6 Å². The zero-order chi connectivity index (χ0) is 16.5. The van der Waals surface area contributed by atoms with Gasteiger partial charge in [0.05, 0.1) is 30.8 Å². The Morgan fingerprint density at radius 3 is 1.32 bits per heavy atom. The molecule has 0 aliphatic carbocycles. The van der Waals surface area contributed by atoms with Gasteiger partial charge in [-0.15, -0.1) is 0 Å². The Bertz CT molecular complexity index is 408. The lowest BCUT2D eigenvalue weighted by atomic mass is 10.3. The van der Waals surface area contributed by atoms with Gasteiger partial charge in [0.2, 0.25) is 0 Å². The minimum Gasteiger partial charge on any atom is -0.491 e. The van der Waals surface area contributed by atoms with E-state index >= 15 is 0 Å². The van der Waals surface area contributed by atoms with Gasteiger partial charge < -0.3 is 18.9 Å². The Morgan fingerprint density at radius 2 is 1.05 bits per heavy atom. The molecular formula is C16H28O4Si2. The van der Waals surface area contributed by atoms with Crippen LogP contribution in [-0.2, 0) is 9.47 Å². The summed E-state index contributed by atoms with van der Waals surface area (Å²) in [4.78, 5) is 0. The van der Waals surface area contributed by atoms with Gasteiger partial charge in [0, 0.05) is 14.2 Å². The zero-order valence-corrected chi connectivity index (χ0v) is 16.6. The van der Waals surface area contributed by atoms with Gasteiger partial charge >= 0.3 is 0 Å². The SMILES string of the molecule is COCCOc1cc([Si](C)C)c(OCCOC)cc1[Si](C)C. The van der Waals surface area contributed by atoms with Crippen molar-refractivity contribution in [2.45, 2.75) is 26.2 Å². The van der Waals surface area contributed by atoms with E-state index in [-0.39, 0.29) is 0 Å². The summed E-state index contributed by atoms with van der Waals surface area (Å²) in [6.45, 7) is 11.4. The van der Waals surface area contributed by atoms with Crippen LogP contribution in [0, 0.1) is 0 Å². The van der Waals surface area contributed by atoms with Crippen molar-refractivity contribution in [3.05, 3.63) is 12.1 Å². The van der Waals surface area contributed by atoms with Crippen LogP contribution in [0.3, 0.4) is 0 Å². The highest BCUT2D eigenvalue weighted by atomic mass is 28.3. The van der Waals surface area contributed by atoms with Crippen molar-refractivity contribution >= 4 is 28.0 Å². The number of hydrogen-bond acceptors (Lipinski definition) is 4. The average molecular weight is 341 g/mol. The minimum absolute atomic E-state index is 0.581. The monoisotopic (exact) mass is 340 g/mol. The molecule has 0 fully saturated rings. The van der Waals surface area contributed by atoms with Crippen LogP contribution in [0.2, 0.25) is 26.2 Å². The molecule has 2 radical (unpaired) electrons. The quantitative estimate of drug-likeness (QED) is 0.479. The van der Waals surface area contributed by atoms with Gasteiger partial charge in [-0.25, -0.2) is 0 Å². The van der Waals surface area contributed by atoms with Crippen molar-refractivity contribution in [3.8, 4) is 11.5 Å². The lowest BCUT2D eigenvalue weighted by molar-refractivity contribution is 0.145. The van der Waals surface area contributed by atoms with E-state index in [2.05, 4.69) is 38.3 Å². The summed E-state index contributed by atoms with van der Waals surface area (Å²) < 4.78 is 22.1. The van der Waals surface area contributed by atoms with Crippen molar-refractivity contribution in [3.63, 3.8) is 0 Å². The lowest BCUT2D eigenvalue weighted by Gasteiger charge is -2.20. The molecule has 0 aromatic heterocycles. The Kier molecular flexibility index (Phi) is 8.78. The molecule has 0 spiro atoms. The zero-order valence-electron chi connectivity index (χ0n) is 14.6. The number of ether oxygens (including phenoxy) is 4. The van der Waals surface area contributed by atoms with E-state index in [4.69, 9.17) is 18.9 Å². The first-order valence-electron chi connectivity index (χ1n) is 7.53. The lowest BCUT2D eigenvalue weighted by Crippen LogP contribution is -2.33. The second kappa shape index (κ2) is 10.0. The van der Waals surface area contributed by atoms with E-state index in [1.54, 1.807) is 14.2 Å². The van der Waals surface area contributed by atoms with E-state index in [0.29, 0.717) is 26.4 Å². The second-order valence-corrected chi connectivity index (χ2v) is 10.6. The van der Waals surface area contributed by atoms with Crippen molar-refractivity contribution in [1.29, 1.82) is 0 Å². The molecule has 0 unspecified atom stereocenters. The fourth-order valence-corrected chi connectivity index (χ4v) is 4.16. The molecule has 0 aliphatic rings. The van der Waals surface area contributed by atoms with Gasteiger partial charge in [-0.1, -0.05) is 26.2 Å². The summed E-state index contributed by atoms with van der Waals surface area (Å²) >= 11 is 0. The van der Waals surface area contributed by atoms with E-state index < -0.39 is 17.6 Å². The summed E-state index contributed by atoms with van der Waals surface area (Å²) in [6.07, 6.45) is 0. The smallest absolute Gasteiger partial charge is 0.118 e. The van der Waals surface area contributed by atoms with Crippen LogP contribution in [0.5, 0.6) is 11.5 Å². The van der Waals surface area contributed by atoms with Gasteiger partial charge in [0.15, 0.2) is 0 Å². The number of hydrogen-bond donors (Lipinski definition) is 0. The van der Waals surface area contributed by atoms with Crippen LogP contribution in [-0.4, -0.2) is 58.2 Å². The average Bonchev–Trinajstić information content (AvgIpc) is 2.47.